The Bertz CT molecular complexity index is 1290. The van der Waals surface area contributed by atoms with Crippen molar-refractivity contribution in [3.63, 3.8) is 0 Å². The zero-order valence-electron chi connectivity index (χ0n) is 33.2. The number of hydrogen-bond acceptors (Lipinski definition) is 13. The van der Waals surface area contributed by atoms with E-state index < -0.39 is 37.1 Å². The minimum atomic E-state index is -3.97. The molecule has 2 saturated heterocycles. The molecule has 2 rings (SSSR count). The molecule has 0 saturated carbocycles. The van der Waals surface area contributed by atoms with E-state index >= 15 is 0 Å². The highest BCUT2D eigenvalue weighted by molar-refractivity contribution is 8.76. The molecule has 2 fully saturated rings. The van der Waals surface area contributed by atoms with Crippen LogP contribution in [0.3, 0.4) is 0 Å². The number of hydrogen-bond donors (Lipinski definition) is 2. The third kappa shape index (κ3) is 18.1. The normalized spacial score (nSPS) is 17.1. The minimum absolute atomic E-state index is 0.0255. The molecule has 0 aliphatic carbocycles. The van der Waals surface area contributed by atoms with Crippen molar-refractivity contribution in [1.29, 1.82) is 0 Å². The molecular formula is C34H62N5O12PS2. The van der Waals surface area contributed by atoms with Gasteiger partial charge in [-0.3, -0.25) is 18.9 Å². The van der Waals surface area contributed by atoms with E-state index in [-0.39, 0.29) is 76.1 Å². The molecular weight excluding hydrogens is 766 g/mol. The van der Waals surface area contributed by atoms with Gasteiger partial charge < -0.3 is 43.9 Å². The number of nitrogens with one attached hydrogen (secondary N) is 1. The number of esters is 1. The highest BCUT2D eigenvalue weighted by Crippen LogP contribution is 2.47. The fraction of sp³-hybridized carbons (Fsp3) is 0.853. The summed E-state index contributed by atoms with van der Waals surface area (Å²) >= 11 is 0. The van der Waals surface area contributed by atoms with Crippen molar-refractivity contribution in [3.05, 3.63) is 0 Å². The average molecular weight is 828 g/mol. The molecule has 0 radical (unpaired) electrons. The number of rotatable bonds is 20. The summed E-state index contributed by atoms with van der Waals surface area (Å²) in [5.74, 6) is 0.224. The van der Waals surface area contributed by atoms with E-state index in [1.54, 1.807) is 42.4 Å². The van der Waals surface area contributed by atoms with E-state index in [4.69, 9.17) is 23.5 Å². The molecule has 0 bridgehead atoms. The van der Waals surface area contributed by atoms with Gasteiger partial charge in [0.25, 0.3) is 5.91 Å². The van der Waals surface area contributed by atoms with Crippen LogP contribution in [0.25, 0.3) is 0 Å². The third-order valence-electron chi connectivity index (χ3n) is 8.27. The SMILES string of the molecule is CCNC(=O)OCCSSCCOC(=O)N1CCN(C(=O)CCC(=O)OC(C)(C)CCOC(C)(C)C(=O)N2CCN(P(=O)(O)OCC(C)(C)C)CC2)CC1. The van der Waals surface area contributed by atoms with Crippen LogP contribution in [0, 0.1) is 5.41 Å². The van der Waals surface area contributed by atoms with Crippen LogP contribution in [0.4, 0.5) is 9.59 Å². The van der Waals surface area contributed by atoms with Crippen LogP contribution in [-0.2, 0) is 42.4 Å². The van der Waals surface area contributed by atoms with Gasteiger partial charge in [-0.2, -0.15) is 0 Å². The summed E-state index contributed by atoms with van der Waals surface area (Å²) < 4.78 is 41.3. The van der Waals surface area contributed by atoms with E-state index in [1.165, 1.54) is 26.3 Å². The predicted octanol–water partition coefficient (Wildman–Crippen LogP) is 3.99. The van der Waals surface area contributed by atoms with Crippen molar-refractivity contribution in [3.8, 4) is 0 Å². The Morgan fingerprint density at radius 2 is 1.31 bits per heavy atom. The molecule has 1 unspecified atom stereocenters. The molecule has 0 aromatic carbocycles. The Morgan fingerprint density at radius 3 is 1.89 bits per heavy atom. The second-order valence-electron chi connectivity index (χ2n) is 15.2. The summed E-state index contributed by atoms with van der Waals surface area (Å²) in [4.78, 5) is 77.6. The lowest BCUT2D eigenvalue weighted by atomic mass is 9.99. The topological polar surface area (TPSA) is 194 Å². The molecule has 2 aliphatic heterocycles. The smallest absolute Gasteiger partial charge is 0.409 e. The number of alkyl carbamates (subject to hydrolysis) is 1. The van der Waals surface area contributed by atoms with E-state index in [0.29, 0.717) is 57.3 Å². The Hall–Kier alpha value is -2.28. The van der Waals surface area contributed by atoms with Crippen LogP contribution >= 0.6 is 29.3 Å². The van der Waals surface area contributed by atoms with Crippen molar-refractivity contribution in [2.24, 2.45) is 5.41 Å². The zero-order chi connectivity index (χ0) is 40.6. The number of carbonyl (C=O) groups is 5. The lowest BCUT2D eigenvalue weighted by Gasteiger charge is -2.39. The van der Waals surface area contributed by atoms with E-state index in [1.807, 2.05) is 27.7 Å². The van der Waals surface area contributed by atoms with Crippen molar-refractivity contribution < 1.29 is 56.9 Å². The molecule has 17 nitrogen and oxygen atoms in total. The van der Waals surface area contributed by atoms with Crippen molar-refractivity contribution in [1.82, 2.24) is 24.7 Å². The van der Waals surface area contributed by atoms with Gasteiger partial charge in [-0.1, -0.05) is 42.4 Å². The van der Waals surface area contributed by atoms with Gasteiger partial charge in [-0.15, -0.1) is 0 Å². The fourth-order valence-electron chi connectivity index (χ4n) is 5.16. The molecule has 2 heterocycles. The molecule has 54 heavy (non-hydrogen) atoms. The number of ether oxygens (including phenoxy) is 4. The summed E-state index contributed by atoms with van der Waals surface area (Å²) in [5.41, 5.74) is -2.35. The average Bonchev–Trinajstić information content (AvgIpc) is 3.10. The number of amides is 4. The Labute approximate surface area is 328 Å². The summed E-state index contributed by atoms with van der Waals surface area (Å²) in [7, 11) is -0.933. The van der Waals surface area contributed by atoms with Gasteiger partial charge in [0.2, 0.25) is 5.91 Å². The van der Waals surface area contributed by atoms with Crippen LogP contribution in [0.2, 0.25) is 0 Å². The Balaban J connectivity index is 1.62. The molecule has 0 aromatic heterocycles. The second kappa shape index (κ2) is 22.5. The Morgan fingerprint density at radius 1 is 0.759 bits per heavy atom. The molecule has 0 spiro atoms. The summed E-state index contributed by atoms with van der Waals surface area (Å²) in [5, 5.41) is 2.55. The van der Waals surface area contributed by atoms with Crippen LogP contribution in [-0.4, -0.2) is 162 Å². The zero-order valence-corrected chi connectivity index (χ0v) is 35.7. The van der Waals surface area contributed by atoms with E-state index in [9.17, 15) is 33.4 Å². The highest BCUT2D eigenvalue weighted by atomic mass is 33.1. The van der Waals surface area contributed by atoms with Gasteiger partial charge in [0, 0.05) is 83.3 Å². The molecule has 4 amide bonds. The van der Waals surface area contributed by atoms with Crippen LogP contribution in [0.15, 0.2) is 0 Å². The largest absolute Gasteiger partial charge is 0.460 e. The first kappa shape index (κ1) is 47.9. The maximum absolute atomic E-state index is 13.3. The summed E-state index contributed by atoms with van der Waals surface area (Å²) in [6, 6.07) is 0. The molecule has 0 aromatic rings. The maximum atomic E-state index is 13.3. The Kier molecular flexibility index (Phi) is 19.9. The van der Waals surface area contributed by atoms with Gasteiger partial charge in [0.15, 0.2) is 0 Å². The van der Waals surface area contributed by atoms with Crippen LogP contribution in [0.1, 0.15) is 74.7 Å². The standard InChI is InChI=1S/C34H62N5O12PS2/c1-9-35-30(43)47-22-24-53-54-25-23-48-31(44)38-15-13-36(14-16-38)27(40)10-11-28(41)51-33(5,6)12-21-49-34(7,8)29(42)37-17-19-39(20-18-37)52(45,46)50-26-32(2,3)4/h9-26H2,1-8H3,(H,35,43)(H,45,46). The van der Waals surface area contributed by atoms with Crippen molar-refractivity contribution in [2.75, 3.05) is 96.8 Å². The number of carbonyl (C=O) groups excluding carboxylic acids is 5. The number of piperazine rings is 2. The summed E-state index contributed by atoms with van der Waals surface area (Å²) in [6.45, 7) is 17.9. The summed E-state index contributed by atoms with van der Waals surface area (Å²) in [6.07, 6.45) is -0.700. The number of nitrogens with zero attached hydrogens (tertiary/aromatic N) is 4. The van der Waals surface area contributed by atoms with E-state index in [0.717, 1.165) is 0 Å². The maximum Gasteiger partial charge on any atom is 0.409 e. The quantitative estimate of drug-likeness (QED) is 0.0588. The predicted molar refractivity (Wildman–Crippen MR) is 207 cm³/mol. The molecule has 20 heteroatoms. The van der Waals surface area contributed by atoms with Gasteiger partial charge >= 0.3 is 25.9 Å². The highest BCUT2D eigenvalue weighted by Gasteiger charge is 2.39. The van der Waals surface area contributed by atoms with Gasteiger partial charge in [-0.05, 0) is 40.0 Å². The first-order valence-electron chi connectivity index (χ1n) is 18.4. The minimum Gasteiger partial charge on any atom is -0.460 e. The van der Waals surface area contributed by atoms with Gasteiger partial charge in [0.05, 0.1) is 19.6 Å². The monoisotopic (exact) mass is 827 g/mol. The second-order valence-corrected chi connectivity index (χ2v) is 19.7. The van der Waals surface area contributed by atoms with Gasteiger partial charge in [0.1, 0.15) is 24.4 Å². The molecule has 2 aliphatic rings. The lowest BCUT2D eigenvalue weighted by molar-refractivity contribution is -0.165. The van der Waals surface area contributed by atoms with Crippen LogP contribution in [0.5, 0.6) is 0 Å². The lowest BCUT2D eigenvalue weighted by Crippen LogP contribution is -2.54. The first-order valence-corrected chi connectivity index (χ1v) is 22.4. The molecule has 312 valence electrons. The first-order chi connectivity index (χ1) is 25.2. The van der Waals surface area contributed by atoms with Crippen molar-refractivity contribution >= 4 is 59.3 Å². The molecule has 1 atom stereocenters. The molecule has 2 N–H and O–H groups in total. The van der Waals surface area contributed by atoms with Crippen LogP contribution < -0.4 is 5.32 Å². The van der Waals surface area contributed by atoms with Crippen molar-refractivity contribution in [2.45, 2.75) is 85.9 Å². The third-order valence-corrected chi connectivity index (χ3v) is 12.2. The van der Waals surface area contributed by atoms with Gasteiger partial charge in [-0.25, -0.2) is 18.8 Å². The fourth-order valence-corrected chi connectivity index (χ4v) is 8.21. The van der Waals surface area contributed by atoms with E-state index in [2.05, 4.69) is 5.32 Å².